The van der Waals surface area contributed by atoms with Crippen LogP contribution >= 0.6 is 0 Å². The molecule has 4 nitrogen and oxygen atoms in total. The Balaban J connectivity index is 2.18. The van der Waals surface area contributed by atoms with Crippen molar-refractivity contribution in [3.63, 3.8) is 0 Å². The van der Waals surface area contributed by atoms with Gasteiger partial charge in [0.2, 0.25) is 0 Å². The first-order valence-electron chi connectivity index (χ1n) is 5.86. The van der Waals surface area contributed by atoms with Gasteiger partial charge in [-0.05, 0) is 32.6 Å². The van der Waals surface area contributed by atoms with E-state index in [1.54, 1.807) is 0 Å². The molecule has 1 saturated carbocycles. The van der Waals surface area contributed by atoms with Crippen molar-refractivity contribution in [2.45, 2.75) is 32.7 Å². The van der Waals surface area contributed by atoms with E-state index in [0.717, 1.165) is 23.1 Å². The molecule has 0 radical (unpaired) electrons. The number of aromatic nitrogens is 2. The fourth-order valence-corrected chi connectivity index (χ4v) is 2.02. The predicted molar refractivity (Wildman–Crippen MR) is 65.5 cm³/mol. The molecule has 1 aliphatic rings. The molecule has 1 aromatic rings. The molecule has 0 saturated heterocycles. The lowest BCUT2D eigenvalue weighted by Gasteiger charge is -2.28. The number of nitrogens with zero attached hydrogens (tertiary/aromatic N) is 3. The van der Waals surface area contributed by atoms with Crippen molar-refractivity contribution in [2.75, 3.05) is 18.5 Å². The summed E-state index contributed by atoms with van der Waals surface area (Å²) in [7, 11) is 2.06. The Kier molecular flexibility index (Phi) is 3.10. The Morgan fingerprint density at radius 1 is 1.44 bits per heavy atom. The third-order valence-electron chi connectivity index (χ3n) is 3.45. The lowest BCUT2D eigenvalue weighted by Crippen LogP contribution is -2.40. The van der Waals surface area contributed by atoms with E-state index >= 15 is 0 Å². The highest BCUT2D eigenvalue weighted by atomic mass is 15.2. The largest absolute Gasteiger partial charge is 0.354 e. The van der Waals surface area contributed by atoms with Crippen LogP contribution in [-0.4, -0.2) is 29.6 Å². The molecule has 1 fully saturated rings. The minimum Gasteiger partial charge on any atom is -0.354 e. The summed E-state index contributed by atoms with van der Waals surface area (Å²) in [5, 5.41) is 0. The van der Waals surface area contributed by atoms with Gasteiger partial charge in [-0.2, -0.15) is 0 Å². The van der Waals surface area contributed by atoms with Crippen LogP contribution in [0.15, 0.2) is 6.20 Å². The van der Waals surface area contributed by atoms with Crippen molar-refractivity contribution in [1.82, 2.24) is 9.97 Å². The fraction of sp³-hybridized carbons (Fsp3) is 0.667. The number of likely N-dealkylation sites (N-methyl/N-ethyl adjacent to an activating group) is 1. The van der Waals surface area contributed by atoms with Gasteiger partial charge in [0.05, 0.1) is 17.6 Å². The fourth-order valence-electron chi connectivity index (χ4n) is 2.02. The van der Waals surface area contributed by atoms with E-state index in [1.807, 2.05) is 20.0 Å². The lowest BCUT2D eigenvalue weighted by molar-refractivity contribution is 0.565. The van der Waals surface area contributed by atoms with Crippen LogP contribution in [0.3, 0.4) is 0 Å². The molecule has 0 amide bonds. The van der Waals surface area contributed by atoms with Crippen molar-refractivity contribution >= 4 is 5.82 Å². The van der Waals surface area contributed by atoms with E-state index in [4.69, 9.17) is 5.73 Å². The van der Waals surface area contributed by atoms with E-state index in [1.165, 1.54) is 12.8 Å². The van der Waals surface area contributed by atoms with E-state index in [-0.39, 0.29) is 0 Å². The second-order valence-electron chi connectivity index (χ2n) is 4.65. The Bertz CT molecular complexity index is 373. The minimum atomic E-state index is 0.413. The first kappa shape index (κ1) is 11.3. The maximum Gasteiger partial charge on any atom is 0.147 e. The lowest BCUT2D eigenvalue weighted by atomic mass is 10.1. The normalized spacial score (nSPS) is 17.2. The molecule has 4 heteroatoms. The molecule has 0 aliphatic heterocycles. The second-order valence-corrected chi connectivity index (χ2v) is 4.65. The Morgan fingerprint density at radius 3 is 2.62 bits per heavy atom. The average Bonchev–Trinajstić information content (AvgIpc) is 3.07. The number of rotatable bonds is 4. The number of hydrogen-bond acceptors (Lipinski definition) is 4. The molecule has 1 atom stereocenters. The Morgan fingerprint density at radius 2 is 2.12 bits per heavy atom. The van der Waals surface area contributed by atoms with Crippen molar-refractivity contribution in [3.05, 3.63) is 17.6 Å². The van der Waals surface area contributed by atoms with Crippen LogP contribution in [0.5, 0.6) is 0 Å². The van der Waals surface area contributed by atoms with Gasteiger partial charge < -0.3 is 10.6 Å². The van der Waals surface area contributed by atoms with E-state index < -0.39 is 0 Å². The van der Waals surface area contributed by atoms with Crippen LogP contribution in [0.2, 0.25) is 0 Å². The molecule has 1 aliphatic carbocycles. The third-order valence-corrected chi connectivity index (χ3v) is 3.45. The summed E-state index contributed by atoms with van der Waals surface area (Å²) in [4.78, 5) is 11.1. The summed E-state index contributed by atoms with van der Waals surface area (Å²) >= 11 is 0. The molecule has 0 aromatic carbocycles. The van der Waals surface area contributed by atoms with Crippen LogP contribution in [-0.2, 0) is 0 Å². The van der Waals surface area contributed by atoms with Gasteiger partial charge in [0.25, 0.3) is 0 Å². The van der Waals surface area contributed by atoms with Gasteiger partial charge in [-0.25, -0.2) is 4.98 Å². The first-order chi connectivity index (χ1) is 7.63. The average molecular weight is 220 g/mol. The smallest absolute Gasteiger partial charge is 0.147 e. The summed E-state index contributed by atoms with van der Waals surface area (Å²) in [5.74, 6) is 1.68. The van der Waals surface area contributed by atoms with Crippen molar-refractivity contribution < 1.29 is 0 Å². The zero-order valence-electron chi connectivity index (χ0n) is 10.3. The quantitative estimate of drug-likeness (QED) is 0.830. The number of nitrogens with two attached hydrogens (primary N) is 1. The molecular formula is C12H20N4. The number of aryl methyl sites for hydroxylation is 2. The van der Waals surface area contributed by atoms with E-state index in [9.17, 15) is 0 Å². The zero-order chi connectivity index (χ0) is 11.7. The van der Waals surface area contributed by atoms with Gasteiger partial charge in [0, 0.05) is 19.6 Å². The monoisotopic (exact) mass is 220 g/mol. The van der Waals surface area contributed by atoms with Gasteiger partial charge in [0.15, 0.2) is 0 Å². The molecule has 1 unspecified atom stereocenters. The summed E-state index contributed by atoms with van der Waals surface area (Å²) < 4.78 is 0. The van der Waals surface area contributed by atoms with Crippen LogP contribution in [0.1, 0.15) is 24.2 Å². The highest BCUT2D eigenvalue weighted by molar-refractivity contribution is 5.38. The van der Waals surface area contributed by atoms with Gasteiger partial charge >= 0.3 is 0 Å². The SMILES string of the molecule is Cc1ncc(N(C)C(CN)C2CC2)nc1C. The molecule has 2 rings (SSSR count). The van der Waals surface area contributed by atoms with Crippen LogP contribution in [0, 0.1) is 19.8 Å². The molecular weight excluding hydrogens is 200 g/mol. The first-order valence-corrected chi connectivity index (χ1v) is 5.86. The van der Waals surface area contributed by atoms with Gasteiger partial charge in [0.1, 0.15) is 5.82 Å². The highest BCUT2D eigenvalue weighted by Gasteiger charge is 2.33. The predicted octanol–water partition coefficient (Wildman–Crippen LogP) is 1.27. The molecule has 88 valence electrons. The maximum absolute atomic E-state index is 5.83. The van der Waals surface area contributed by atoms with Crippen molar-refractivity contribution in [2.24, 2.45) is 11.7 Å². The summed E-state index contributed by atoms with van der Waals surface area (Å²) in [5.41, 5.74) is 7.82. The number of anilines is 1. The summed E-state index contributed by atoms with van der Waals surface area (Å²) in [6.45, 7) is 4.66. The van der Waals surface area contributed by atoms with Crippen LogP contribution in [0.25, 0.3) is 0 Å². The molecule has 16 heavy (non-hydrogen) atoms. The zero-order valence-corrected chi connectivity index (χ0v) is 10.3. The van der Waals surface area contributed by atoms with Crippen molar-refractivity contribution in [3.8, 4) is 0 Å². The third kappa shape index (κ3) is 2.16. The van der Waals surface area contributed by atoms with Crippen LogP contribution < -0.4 is 10.6 Å². The molecule has 0 bridgehead atoms. The molecule has 1 heterocycles. The Hall–Kier alpha value is -1.16. The van der Waals surface area contributed by atoms with Gasteiger partial charge in [-0.15, -0.1) is 0 Å². The van der Waals surface area contributed by atoms with Crippen LogP contribution in [0.4, 0.5) is 5.82 Å². The molecule has 0 spiro atoms. The topological polar surface area (TPSA) is 55.0 Å². The molecule has 2 N–H and O–H groups in total. The Labute approximate surface area is 96.9 Å². The summed E-state index contributed by atoms with van der Waals surface area (Å²) in [6, 6.07) is 0.413. The highest BCUT2D eigenvalue weighted by Crippen LogP contribution is 2.35. The molecule has 1 aromatic heterocycles. The second kappa shape index (κ2) is 4.37. The van der Waals surface area contributed by atoms with Gasteiger partial charge in [-0.1, -0.05) is 0 Å². The minimum absolute atomic E-state index is 0.413. The standard InChI is InChI=1S/C12H20N4/c1-8-9(2)15-12(7-14-8)16(3)11(6-13)10-4-5-10/h7,10-11H,4-6,13H2,1-3H3. The number of hydrogen-bond donors (Lipinski definition) is 1. The van der Waals surface area contributed by atoms with Gasteiger partial charge in [-0.3, -0.25) is 4.98 Å². The van der Waals surface area contributed by atoms with E-state index in [0.29, 0.717) is 12.6 Å². The summed E-state index contributed by atoms with van der Waals surface area (Å²) in [6.07, 6.45) is 4.43. The van der Waals surface area contributed by atoms with Crippen molar-refractivity contribution in [1.29, 1.82) is 0 Å². The maximum atomic E-state index is 5.83. The van der Waals surface area contributed by atoms with E-state index in [2.05, 4.69) is 21.9 Å².